The van der Waals surface area contributed by atoms with Crippen LogP contribution < -0.4 is 5.73 Å². The summed E-state index contributed by atoms with van der Waals surface area (Å²) in [7, 11) is 0. The zero-order chi connectivity index (χ0) is 10.9. The molecule has 14 heavy (non-hydrogen) atoms. The van der Waals surface area contributed by atoms with E-state index in [4.69, 9.17) is 5.73 Å². The summed E-state index contributed by atoms with van der Waals surface area (Å²) >= 11 is 0. The number of aliphatic hydroxyl groups excluding tert-OH is 1. The van der Waals surface area contributed by atoms with Crippen molar-refractivity contribution >= 4 is 5.82 Å². The number of pyridine rings is 1. The van der Waals surface area contributed by atoms with E-state index < -0.39 is 11.7 Å². The van der Waals surface area contributed by atoms with E-state index in [0.29, 0.717) is 5.56 Å². The van der Waals surface area contributed by atoms with Gasteiger partial charge in [0.2, 0.25) is 0 Å². The zero-order valence-electron chi connectivity index (χ0n) is 8.65. The third-order valence-corrected chi connectivity index (χ3v) is 2.05. The van der Waals surface area contributed by atoms with Crippen LogP contribution in [0.25, 0.3) is 0 Å². The highest BCUT2D eigenvalue weighted by atomic mass is 16.3. The molecule has 0 saturated heterocycles. The van der Waals surface area contributed by atoms with Crippen molar-refractivity contribution in [1.82, 2.24) is 4.98 Å². The van der Waals surface area contributed by atoms with Crippen molar-refractivity contribution in [1.29, 1.82) is 0 Å². The Balaban J connectivity index is 3.12. The van der Waals surface area contributed by atoms with E-state index in [-0.39, 0.29) is 5.82 Å². The normalized spacial score (nSPS) is 14.1. The lowest BCUT2D eigenvalue weighted by Crippen LogP contribution is -2.29. The molecule has 0 aliphatic carbocycles. The van der Waals surface area contributed by atoms with Gasteiger partial charge < -0.3 is 15.9 Å². The van der Waals surface area contributed by atoms with Crippen LogP contribution in [0.5, 0.6) is 0 Å². The minimum Gasteiger partial charge on any atom is -0.387 e. The monoisotopic (exact) mass is 196 g/mol. The molecule has 0 aromatic carbocycles. The number of nitrogen functional groups attached to an aromatic ring is 1. The molecule has 4 nitrogen and oxygen atoms in total. The molecule has 1 rings (SSSR count). The van der Waals surface area contributed by atoms with Gasteiger partial charge in [-0.1, -0.05) is 0 Å². The molecular formula is C10H16N2O2. The Morgan fingerprint density at radius 2 is 2.07 bits per heavy atom. The Kier molecular flexibility index (Phi) is 2.78. The number of hydrogen-bond donors (Lipinski definition) is 3. The largest absolute Gasteiger partial charge is 0.387 e. The summed E-state index contributed by atoms with van der Waals surface area (Å²) in [6.45, 7) is 4.91. The van der Waals surface area contributed by atoms with Gasteiger partial charge in [-0.3, -0.25) is 0 Å². The first-order chi connectivity index (χ1) is 6.32. The fraction of sp³-hybridized carbons (Fsp3) is 0.500. The first-order valence-electron chi connectivity index (χ1n) is 4.45. The van der Waals surface area contributed by atoms with Gasteiger partial charge in [0.05, 0.1) is 5.60 Å². The van der Waals surface area contributed by atoms with Crippen LogP contribution in [-0.2, 0) is 0 Å². The molecular weight excluding hydrogens is 180 g/mol. The second-order valence-electron chi connectivity index (χ2n) is 4.04. The van der Waals surface area contributed by atoms with E-state index in [9.17, 15) is 10.2 Å². The Morgan fingerprint density at radius 3 is 2.57 bits per heavy atom. The first kappa shape index (κ1) is 10.9. The van der Waals surface area contributed by atoms with Gasteiger partial charge in [0.1, 0.15) is 11.9 Å². The van der Waals surface area contributed by atoms with Gasteiger partial charge in [-0.05, 0) is 32.4 Å². The van der Waals surface area contributed by atoms with Crippen molar-refractivity contribution in [2.45, 2.75) is 32.5 Å². The van der Waals surface area contributed by atoms with Crippen LogP contribution in [0.4, 0.5) is 5.82 Å². The highest BCUT2D eigenvalue weighted by Crippen LogP contribution is 2.28. The van der Waals surface area contributed by atoms with Gasteiger partial charge in [0, 0.05) is 11.8 Å². The lowest BCUT2D eigenvalue weighted by molar-refractivity contribution is -0.0494. The summed E-state index contributed by atoms with van der Waals surface area (Å²) in [6, 6.07) is 1.73. The van der Waals surface area contributed by atoms with Crippen LogP contribution in [0.2, 0.25) is 0 Å². The molecule has 1 atom stereocenters. The summed E-state index contributed by atoms with van der Waals surface area (Å²) in [4.78, 5) is 3.92. The van der Waals surface area contributed by atoms with Crippen molar-refractivity contribution in [2.75, 3.05) is 5.73 Å². The summed E-state index contributed by atoms with van der Waals surface area (Å²) in [5, 5.41) is 19.4. The Bertz CT molecular complexity index is 331. The van der Waals surface area contributed by atoms with E-state index >= 15 is 0 Å². The summed E-state index contributed by atoms with van der Waals surface area (Å²) in [5.41, 5.74) is 5.76. The van der Waals surface area contributed by atoms with Gasteiger partial charge in [-0.2, -0.15) is 0 Å². The van der Waals surface area contributed by atoms with Crippen LogP contribution in [0.15, 0.2) is 12.3 Å². The molecule has 0 spiro atoms. The van der Waals surface area contributed by atoms with E-state index in [2.05, 4.69) is 4.98 Å². The molecule has 1 aromatic heterocycles. The van der Waals surface area contributed by atoms with Gasteiger partial charge in [0.15, 0.2) is 0 Å². The average molecular weight is 196 g/mol. The van der Waals surface area contributed by atoms with Crippen molar-refractivity contribution in [3.05, 3.63) is 23.4 Å². The molecule has 0 aliphatic rings. The van der Waals surface area contributed by atoms with Crippen molar-refractivity contribution in [3.8, 4) is 0 Å². The Morgan fingerprint density at radius 1 is 1.50 bits per heavy atom. The maximum Gasteiger partial charge on any atom is 0.129 e. The molecule has 1 heterocycles. The minimum absolute atomic E-state index is 0.255. The third kappa shape index (κ3) is 2.21. The maximum atomic E-state index is 9.79. The fourth-order valence-electron chi connectivity index (χ4n) is 1.20. The van der Waals surface area contributed by atoms with Gasteiger partial charge in [-0.25, -0.2) is 4.98 Å². The van der Waals surface area contributed by atoms with Crippen molar-refractivity contribution in [2.24, 2.45) is 0 Å². The van der Waals surface area contributed by atoms with Crippen LogP contribution in [0, 0.1) is 6.92 Å². The molecule has 4 heteroatoms. The third-order valence-electron chi connectivity index (χ3n) is 2.05. The molecule has 78 valence electrons. The molecule has 1 aromatic rings. The Hall–Kier alpha value is -1.13. The summed E-state index contributed by atoms with van der Waals surface area (Å²) in [6.07, 6.45) is 0.602. The van der Waals surface area contributed by atoms with Crippen molar-refractivity contribution in [3.63, 3.8) is 0 Å². The number of nitrogens with two attached hydrogens (primary N) is 1. The highest BCUT2D eigenvalue weighted by molar-refractivity contribution is 5.43. The van der Waals surface area contributed by atoms with Crippen LogP contribution in [0.3, 0.4) is 0 Å². The second kappa shape index (κ2) is 3.55. The van der Waals surface area contributed by atoms with Crippen molar-refractivity contribution < 1.29 is 10.2 Å². The first-order valence-corrected chi connectivity index (χ1v) is 4.45. The van der Waals surface area contributed by atoms with E-state index in [1.165, 1.54) is 13.8 Å². The maximum absolute atomic E-state index is 9.79. The zero-order valence-corrected chi connectivity index (χ0v) is 8.65. The molecule has 0 aliphatic heterocycles. The smallest absolute Gasteiger partial charge is 0.129 e. The fourth-order valence-corrected chi connectivity index (χ4v) is 1.20. The Labute approximate surface area is 83.4 Å². The average Bonchev–Trinajstić information content (AvgIpc) is 2.06. The molecule has 0 radical (unpaired) electrons. The second-order valence-corrected chi connectivity index (χ2v) is 4.04. The van der Waals surface area contributed by atoms with E-state index in [0.717, 1.165) is 5.56 Å². The number of hydrogen-bond acceptors (Lipinski definition) is 4. The molecule has 0 amide bonds. The SMILES string of the molecule is Cc1cnc(N)c(C(O)C(C)(C)O)c1. The van der Waals surface area contributed by atoms with Crippen LogP contribution >= 0.6 is 0 Å². The van der Waals surface area contributed by atoms with Crippen LogP contribution in [0.1, 0.15) is 31.1 Å². The van der Waals surface area contributed by atoms with Gasteiger partial charge in [0.25, 0.3) is 0 Å². The number of aromatic nitrogens is 1. The standard InChI is InChI=1S/C10H16N2O2/c1-6-4-7(9(11)12-5-6)8(13)10(2,3)14/h4-5,8,13-14H,1-3H3,(H2,11,12). The number of rotatable bonds is 2. The minimum atomic E-state index is -1.22. The topological polar surface area (TPSA) is 79.4 Å². The number of aliphatic hydroxyl groups is 2. The quantitative estimate of drug-likeness (QED) is 0.653. The highest BCUT2D eigenvalue weighted by Gasteiger charge is 2.28. The lowest BCUT2D eigenvalue weighted by Gasteiger charge is -2.25. The summed E-state index contributed by atoms with van der Waals surface area (Å²) < 4.78 is 0. The van der Waals surface area contributed by atoms with E-state index in [1.54, 1.807) is 12.3 Å². The molecule has 4 N–H and O–H groups in total. The predicted octanol–water partition coefficient (Wildman–Crippen LogP) is 0.777. The number of nitrogens with zero attached hydrogens (tertiary/aromatic N) is 1. The number of aryl methyl sites for hydroxylation is 1. The summed E-state index contributed by atoms with van der Waals surface area (Å²) in [5.74, 6) is 0.255. The van der Waals surface area contributed by atoms with Gasteiger partial charge in [-0.15, -0.1) is 0 Å². The molecule has 1 unspecified atom stereocenters. The number of anilines is 1. The lowest BCUT2D eigenvalue weighted by atomic mass is 9.94. The van der Waals surface area contributed by atoms with E-state index in [1.807, 2.05) is 6.92 Å². The van der Waals surface area contributed by atoms with Gasteiger partial charge >= 0.3 is 0 Å². The molecule has 0 bridgehead atoms. The molecule has 0 saturated carbocycles. The van der Waals surface area contributed by atoms with Crippen LogP contribution in [-0.4, -0.2) is 20.8 Å². The predicted molar refractivity (Wildman–Crippen MR) is 54.6 cm³/mol. The molecule has 0 fully saturated rings.